The normalized spacial score (nSPS) is 17.0. The second-order valence-corrected chi connectivity index (χ2v) is 2.89. The molecule has 1 aliphatic rings. The molecular formula is C10H16O3. The summed E-state index contributed by atoms with van der Waals surface area (Å²) in [6.45, 7) is 1.60. The van der Waals surface area contributed by atoms with E-state index < -0.39 is 0 Å². The van der Waals surface area contributed by atoms with Crippen molar-refractivity contribution in [2.75, 3.05) is 19.8 Å². The van der Waals surface area contributed by atoms with Crippen molar-refractivity contribution >= 4 is 0 Å². The lowest BCUT2D eigenvalue weighted by molar-refractivity contribution is -0.0474. The molecule has 3 nitrogen and oxygen atoms in total. The molecule has 1 rings (SSSR count). The Hall–Kier alpha value is -0.560. The molecule has 1 fully saturated rings. The van der Waals surface area contributed by atoms with Crippen LogP contribution in [-0.2, 0) is 9.47 Å². The van der Waals surface area contributed by atoms with Crippen molar-refractivity contribution in [3.63, 3.8) is 0 Å². The maximum Gasteiger partial charge on any atom is 0.157 e. The Morgan fingerprint density at radius 3 is 2.54 bits per heavy atom. The van der Waals surface area contributed by atoms with Crippen LogP contribution < -0.4 is 0 Å². The summed E-state index contributed by atoms with van der Waals surface area (Å²) in [5.41, 5.74) is 0. The van der Waals surface area contributed by atoms with Crippen molar-refractivity contribution in [1.82, 2.24) is 0 Å². The van der Waals surface area contributed by atoms with Crippen LogP contribution in [0.1, 0.15) is 25.7 Å². The first-order valence-electron chi connectivity index (χ1n) is 4.73. The number of rotatable bonds is 4. The van der Waals surface area contributed by atoms with Gasteiger partial charge < -0.3 is 14.6 Å². The zero-order valence-electron chi connectivity index (χ0n) is 7.79. The average molecular weight is 184 g/mol. The lowest BCUT2D eigenvalue weighted by atomic mass is 10.2. The van der Waals surface area contributed by atoms with Gasteiger partial charge in [-0.3, -0.25) is 0 Å². The van der Waals surface area contributed by atoms with Crippen LogP contribution >= 0.6 is 0 Å². The quantitative estimate of drug-likeness (QED) is 0.521. The predicted octanol–water partition coefficient (Wildman–Crippen LogP) is 0.915. The number of unbranched alkanes of at least 4 members (excludes halogenated alkanes) is 1. The molecule has 0 aliphatic carbocycles. The van der Waals surface area contributed by atoms with Gasteiger partial charge in [-0.05, 0) is 12.8 Å². The molecule has 0 aromatic heterocycles. The first kappa shape index (κ1) is 10.5. The lowest BCUT2D eigenvalue weighted by Gasteiger charge is -2.05. The highest BCUT2D eigenvalue weighted by Gasteiger charge is 2.14. The fraction of sp³-hybridized carbons (Fsp3) is 0.800. The van der Waals surface area contributed by atoms with Crippen LogP contribution in [0.15, 0.2) is 0 Å². The summed E-state index contributed by atoms with van der Waals surface area (Å²) in [6, 6.07) is 0. The molecular weight excluding hydrogens is 168 g/mol. The molecule has 13 heavy (non-hydrogen) atoms. The monoisotopic (exact) mass is 184 g/mol. The fourth-order valence-corrected chi connectivity index (χ4v) is 1.16. The summed E-state index contributed by atoms with van der Waals surface area (Å²) in [7, 11) is 0. The van der Waals surface area contributed by atoms with Crippen molar-refractivity contribution in [2.24, 2.45) is 0 Å². The molecule has 0 radical (unpaired) electrons. The zero-order chi connectivity index (χ0) is 9.36. The second kappa shape index (κ2) is 6.90. The van der Waals surface area contributed by atoms with E-state index >= 15 is 0 Å². The van der Waals surface area contributed by atoms with Crippen LogP contribution in [0.2, 0.25) is 0 Å². The number of aliphatic hydroxyl groups excluding tert-OH is 1. The van der Waals surface area contributed by atoms with Crippen molar-refractivity contribution in [1.29, 1.82) is 0 Å². The Bertz CT molecular complexity index is 174. The van der Waals surface area contributed by atoms with E-state index in [2.05, 4.69) is 11.8 Å². The maximum atomic E-state index is 8.45. The summed E-state index contributed by atoms with van der Waals surface area (Å²) in [5, 5.41) is 8.45. The van der Waals surface area contributed by atoms with E-state index in [-0.39, 0.29) is 12.9 Å². The molecule has 0 unspecified atom stereocenters. The Kier molecular flexibility index (Phi) is 5.59. The summed E-state index contributed by atoms with van der Waals surface area (Å²) in [6.07, 6.45) is 3.37. The van der Waals surface area contributed by atoms with E-state index in [0.29, 0.717) is 6.42 Å². The van der Waals surface area contributed by atoms with E-state index in [4.69, 9.17) is 14.6 Å². The van der Waals surface area contributed by atoms with Gasteiger partial charge in [0, 0.05) is 12.8 Å². The third kappa shape index (κ3) is 4.89. The van der Waals surface area contributed by atoms with Gasteiger partial charge in [0.25, 0.3) is 0 Å². The first-order valence-corrected chi connectivity index (χ1v) is 4.73. The Morgan fingerprint density at radius 2 is 1.85 bits per heavy atom. The van der Waals surface area contributed by atoms with Gasteiger partial charge in [0.05, 0.1) is 19.8 Å². The molecule has 1 aliphatic heterocycles. The Balaban J connectivity index is 1.92. The first-order chi connectivity index (χ1) is 6.43. The van der Waals surface area contributed by atoms with Crippen LogP contribution in [-0.4, -0.2) is 31.2 Å². The van der Waals surface area contributed by atoms with Gasteiger partial charge in [0.1, 0.15) is 0 Å². The molecule has 1 saturated heterocycles. The van der Waals surface area contributed by atoms with Gasteiger partial charge in [-0.1, -0.05) is 0 Å². The van der Waals surface area contributed by atoms with E-state index in [1.165, 1.54) is 0 Å². The summed E-state index contributed by atoms with van der Waals surface area (Å²) >= 11 is 0. The number of hydrogen-bond donors (Lipinski definition) is 1. The largest absolute Gasteiger partial charge is 0.395 e. The SMILES string of the molecule is OCCC#CCCCC1OCCO1. The van der Waals surface area contributed by atoms with Crippen LogP contribution in [0.25, 0.3) is 0 Å². The zero-order valence-corrected chi connectivity index (χ0v) is 7.79. The standard InChI is InChI=1S/C10H16O3/c11-7-5-3-1-2-4-6-10-12-8-9-13-10/h10-11H,2,4-9H2. The molecule has 1 N–H and O–H groups in total. The molecule has 0 spiro atoms. The molecule has 0 aromatic carbocycles. The molecule has 0 atom stereocenters. The molecule has 3 heteroatoms. The van der Waals surface area contributed by atoms with Crippen LogP contribution in [0.4, 0.5) is 0 Å². The highest BCUT2D eigenvalue weighted by atomic mass is 16.7. The molecule has 0 saturated carbocycles. The third-order valence-corrected chi connectivity index (χ3v) is 1.79. The third-order valence-electron chi connectivity index (χ3n) is 1.79. The Morgan fingerprint density at radius 1 is 1.15 bits per heavy atom. The van der Waals surface area contributed by atoms with Crippen molar-refractivity contribution < 1.29 is 14.6 Å². The molecule has 0 bridgehead atoms. The molecule has 74 valence electrons. The van der Waals surface area contributed by atoms with Gasteiger partial charge in [-0.2, -0.15) is 0 Å². The number of ether oxygens (including phenoxy) is 2. The molecule has 1 heterocycles. The minimum atomic E-state index is -0.000332. The minimum absolute atomic E-state index is 0.000332. The smallest absolute Gasteiger partial charge is 0.157 e. The highest BCUT2D eigenvalue weighted by molar-refractivity contribution is 4.98. The summed E-state index contributed by atoms with van der Waals surface area (Å²) in [4.78, 5) is 0. The van der Waals surface area contributed by atoms with E-state index in [1.807, 2.05) is 0 Å². The van der Waals surface area contributed by atoms with Crippen LogP contribution in [0.5, 0.6) is 0 Å². The Labute approximate surface area is 79.0 Å². The van der Waals surface area contributed by atoms with Crippen LogP contribution in [0, 0.1) is 11.8 Å². The van der Waals surface area contributed by atoms with E-state index in [1.54, 1.807) is 0 Å². The lowest BCUT2D eigenvalue weighted by Crippen LogP contribution is -2.06. The minimum Gasteiger partial charge on any atom is -0.395 e. The highest BCUT2D eigenvalue weighted by Crippen LogP contribution is 2.10. The number of aliphatic hydroxyl groups is 1. The topological polar surface area (TPSA) is 38.7 Å². The van der Waals surface area contributed by atoms with Gasteiger partial charge in [0.15, 0.2) is 6.29 Å². The van der Waals surface area contributed by atoms with Crippen LogP contribution in [0.3, 0.4) is 0 Å². The van der Waals surface area contributed by atoms with E-state index in [0.717, 1.165) is 32.5 Å². The van der Waals surface area contributed by atoms with Gasteiger partial charge in [0.2, 0.25) is 0 Å². The number of hydrogen-bond acceptors (Lipinski definition) is 3. The molecule has 0 aromatic rings. The maximum absolute atomic E-state index is 8.45. The van der Waals surface area contributed by atoms with Gasteiger partial charge in [-0.15, -0.1) is 11.8 Å². The van der Waals surface area contributed by atoms with E-state index in [9.17, 15) is 0 Å². The summed E-state index contributed by atoms with van der Waals surface area (Å²) < 4.78 is 10.5. The van der Waals surface area contributed by atoms with Crippen molar-refractivity contribution in [2.45, 2.75) is 32.0 Å². The van der Waals surface area contributed by atoms with Crippen molar-refractivity contribution in [3.8, 4) is 11.8 Å². The van der Waals surface area contributed by atoms with Gasteiger partial charge in [-0.25, -0.2) is 0 Å². The summed E-state index contributed by atoms with van der Waals surface area (Å²) in [5.74, 6) is 5.87. The van der Waals surface area contributed by atoms with Crippen molar-refractivity contribution in [3.05, 3.63) is 0 Å². The predicted molar refractivity (Wildman–Crippen MR) is 49.0 cm³/mol. The average Bonchev–Trinajstić information content (AvgIpc) is 2.63. The van der Waals surface area contributed by atoms with Gasteiger partial charge >= 0.3 is 0 Å². The fourth-order valence-electron chi connectivity index (χ4n) is 1.16. The molecule has 0 amide bonds. The second-order valence-electron chi connectivity index (χ2n) is 2.89.